The third-order valence-corrected chi connectivity index (χ3v) is 5.49. The molecule has 1 aromatic carbocycles. The van der Waals surface area contributed by atoms with E-state index in [0.717, 1.165) is 6.54 Å². The van der Waals surface area contributed by atoms with E-state index >= 15 is 0 Å². The Bertz CT molecular complexity index is 533. The minimum absolute atomic E-state index is 0.313. The maximum Gasteiger partial charge on any atom is 0.0598 e. The summed E-state index contributed by atoms with van der Waals surface area (Å²) in [4.78, 5) is 1.40. The van der Waals surface area contributed by atoms with Crippen LogP contribution in [0, 0.1) is 17.4 Å². The molecule has 0 amide bonds. The SMILES string of the molecule is CCNC(c1ccsc1C)c1cccc(C)c1I. The van der Waals surface area contributed by atoms with Crippen LogP contribution in [0.1, 0.15) is 34.5 Å². The molecule has 0 fully saturated rings. The predicted molar refractivity (Wildman–Crippen MR) is 88.5 cm³/mol. The Labute approximate surface area is 127 Å². The van der Waals surface area contributed by atoms with Gasteiger partial charge in [0.15, 0.2) is 0 Å². The number of nitrogens with one attached hydrogen (secondary N) is 1. The molecule has 1 N–H and O–H groups in total. The van der Waals surface area contributed by atoms with Crippen molar-refractivity contribution >= 4 is 33.9 Å². The Morgan fingerprint density at radius 3 is 2.61 bits per heavy atom. The molecule has 0 saturated heterocycles. The van der Waals surface area contributed by atoms with Crippen molar-refractivity contribution in [1.82, 2.24) is 5.32 Å². The van der Waals surface area contributed by atoms with Crippen LogP contribution in [0.25, 0.3) is 0 Å². The van der Waals surface area contributed by atoms with Crippen molar-refractivity contribution in [3.8, 4) is 0 Å². The molecule has 0 spiro atoms. The summed E-state index contributed by atoms with van der Waals surface area (Å²) >= 11 is 4.28. The third-order valence-electron chi connectivity index (χ3n) is 3.15. The van der Waals surface area contributed by atoms with E-state index in [1.54, 1.807) is 0 Å². The highest BCUT2D eigenvalue weighted by atomic mass is 127. The van der Waals surface area contributed by atoms with Crippen molar-refractivity contribution in [1.29, 1.82) is 0 Å². The lowest BCUT2D eigenvalue weighted by molar-refractivity contribution is 0.627. The molecule has 1 heterocycles. The van der Waals surface area contributed by atoms with E-state index in [1.807, 2.05) is 11.3 Å². The first-order valence-electron chi connectivity index (χ1n) is 6.17. The van der Waals surface area contributed by atoms with Crippen LogP contribution in [-0.2, 0) is 0 Å². The summed E-state index contributed by atoms with van der Waals surface area (Å²) < 4.78 is 1.37. The van der Waals surface area contributed by atoms with Gasteiger partial charge in [-0.05, 0) is 71.1 Å². The lowest BCUT2D eigenvalue weighted by atomic mass is 9.98. The topological polar surface area (TPSA) is 12.0 Å². The van der Waals surface area contributed by atoms with Crippen molar-refractivity contribution in [2.45, 2.75) is 26.8 Å². The van der Waals surface area contributed by atoms with E-state index in [-0.39, 0.29) is 0 Å². The second-order valence-electron chi connectivity index (χ2n) is 4.40. The fraction of sp³-hybridized carbons (Fsp3) is 0.333. The quantitative estimate of drug-likeness (QED) is 0.771. The molecule has 0 radical (unpaired) electrons. The van der Waals surface area contributed by atoms with E-state index in [4.69, 9.17) is 0 Å². The summed E-state index contributed by atoms with van der Waals surface area (Å²) in [5.41, 5.74) is 4.15. The van der Waals surface area contributed by atoms with Crippen molar-refractivity contribution in [3.63, 3.8) is 0 Å². The van der Waals surface area contributed by atoms with Gasteiger partial charge in [-0.1, -0.05) is 25.1 Å². The number of hydrogen-bond acceptors (Lipinski definition) is 2. The van der Waals surface area contributed by atoms with Crippen molar-refractivity contribution < 1.29 is 0 Å². The number of aryl methyl sites for hydroxylation is 2. The second kappa shape index (κ2) is 6.17. The molecule has 1 aromatic heterocycles. The van der Waals surface area contributed by atoms with Crippen LogP contribution >= 0.6 is 33.9 Å². The average molecular weight is 371 g/mol. The maximum absolute atomic E-state index is 3.61. The summed E-state index contributed by atoms with van der Waals surface area (Å²) in [6.07, 6.45) is 0. The van der Waals surface area contributed by atoms with E-state index in [9.17, 15) is 0 Å². The first-order chi connectivity index (χ1) is 8.65. The van der Waals surface area contributed by atoms with E-state index in [2.05, 4.69) is 78.3 Å². The van der Waals surface area contributed by atoms with Gasteiger partial charge in [-0.25, -0.2) is 0 Å². The fourth-order valence-electron chi connectivity index (χ4n) is 2.18. The summed E-state index contributed by atoms with van der Waals surface area (Å²) in [5.74, 6) is 0. The van der Waals surface area contributed by atoms with Crippen molar-refractivity contribution in [3.05, 3.63) is 54.8 Å². The van der Waals surface area contributed by atoms with Crippen LogP contribution in [0.4, 0.5) is 0 Å². The van der Waals surface area contributed by atoms with Crippen LogP contribution in [0.5, 0.6) is 0 Å². The van der Waals surface area contributed by atoms with Crippen LogP contribution in [-0.4, -0.2) is 6.54 Å². The Morgan fingerprint density at radius 1 is 1.22 bits per heavy atom. The number of hydrogen-bond donors (Lipinski definition) is 1. The predicted octanol–water partition coefficient (Wildman–Crippen LogP) is 4.67. The van der Waals surface area contributed by atoms with Crippen LogP contribution < -0.4 is 5.32 Å². The second-order valence-corrected chi connectivity index (χ2v) is 6.60. The summed E-state index contributed by atoms with van der Waals surface area (Å²) in [6.45, 7) is 7.52. The van der Waals surface area contributed by atoms with Gasteiger partial charge in [0.25, 0.3) is 0 Å². The highest BCUT2D eigenvalue weighted by Crippen LogP contribution is 2.31. The molecule has 1 nitrogen and oxygen atoms in total. The van der Waals surface area contributed by atoms with Gasteiger partial charge in [-0.2, -0.15) is 0 Å². The molecule has 0 aliphatic heterocycles. The van der Waals surface area contributed by atoms with E-state index in [0.29, 0.717) is 6.04 Å². The largest absolute Gasteiger partial charge is 0.306 e. The van der Waals surface area contributed by atoms with Gasteiger partial charge in [0.05, 0.1) is 6.04 Å². The normalized spacial score (nSPS) is 12.7. The van der Waals surface area contributed by atoms with Crippen molar-refractivity contribution in [2.75, 3.05) is 6.54 Å². The molecular weight excluding hydrogens is 353 g/mol. The molecule has 2 rings (SSSR count). The van der Waals surface area contributed by atoms with Crippen LogP contribution in [0.3, 0.4) is 0 Å². The highest BCUT2D eigenvalue weighted by Gasteiger charge is 2.18. The fourth-order valence-corrected chi connectivity index (χ4v) is 3.59. The van der Waals surface area contributed by atoms with Gasteiger partial charge < -0.3 is 5.32 Å². The van der Waals surface area contributed by atoms with Crippen LogP contribution in [0.2, 0.25) is 0 Å². The number of rotatable bonds is 4. The minimum atomic E-state index is 0.313. The smallest absolute Gasteiger partial charge is 0.0598 e. The molecule has 2 aromatic rings. The minimum Gasteiger partial charge on any atom is -0.306 e. The molecule has 18 heavy (non-hydrogen) atoms. The molecule has 0 aliphatic rings. The molecule has 3 heteroatoms. The zero-order chi connectivity index (χ0) is 13.1. The lowest BCUT2D eigenvalue weighted by Crippen LogP contribution is -2.23. The van der Waals surface area contributed by atoms with Crippen LogP contribution in [0.15, 0.2) is 29.6 Å². The summed E-state index contributed by atoms with van der Waals surface area (Å²) in [6, 6.07) is 9.12. The van der Waals surface area contributed by atoms with E-state index < -0.39 is 0 Å². The van der Waals surface area contributed by atoms with Gasteiger partial charge in [0.1, 0.15) is 0 Å². The molecule has 1 atom stereocenters. The molecule has 0 aliphatic carbocycles. The van der Waals surface area contributed by atoms with Gasteiger partial charge in [0.2, 0.25) is 0 Å². The number of halogens is 1. The first-order valence-corrected chi connectivity index (χ1v) is 8.13. The highest BCUT2D eigenvalue weighted by molar-refractivity contribution is 14.1. The number of benzene rings is 1. The Morgan fingerprint density at radius 2 is 2.00 bits per heavy atom. The lowest BCUT2D eigenvalue weighted by Gasteiger charge is -2.21. The van der Waals surface area contributed by atoms with Gasteiger partial charge in [0, 0.05) is 8.45 Å². The molecule has 1 unspecified atom stereocenters. The Kier molecular flexibility index (Phi) is 4.81. The monoisotopic (exact) mass is 371 g/mol. The maximum atomic E-state index is 3.61. The molecule has 0 bridgehead atoms. The Hall–Kier alpha value is -0.390. The van der Waals surface area contributed by atoms with E-state index in [1.165, 1.54) is 25.1 Å². The first kappa shape index (κ1) is 14.0. The van der Waals surface area contributed by atoms with Crippen molar-refractivity contribution in [2.24, 2.45) is 0 Å². The Balaban J connectivity index is 2.48. The molecule has 0 saturated carbocycles. The standard InChI is InChI=1S/C15H18INS/c1-4-17-15(12-8-9-18-11(12)3)13-7-5-6-10(2)14(13)16/h5-9,15,17H,4H2,1-3H3. The number of thiophene rings is 1. The molecule has 96 valence electrons. The zero-order valence-corrected chi connectivity index (χ0v) is 13.9. The zero-order valence-electron chi connectivity index (χ0n) is 11.0. The summed E-state index contributed by atoms with van der Waals surface area (Å²) in [7, 11) is 0. The average Bonchev–Trinajstić information content (AvgIpc) is 2.76. The molecular formula is C15H18INS. The third kappa shape index (κ3) is 2.78. The van der Waals surface area contributed by atoms with Gasteiger partial charge >= 0.3 is 0 Å². The van der Waals surface area contributed by atoms with Gasteiger partial charge in [-0.15, -0.1) is 11.3 Å². The summed E-state index contributed by atoms with van der Waals surface area (Å²) in [5, 5.41) is 5.79. The van der Waals surface area contributed by atoms with Gasteiger partial charge in [-0.3, -0.25) is 0 Å².